The van der Waals surface area contributed by atoms with Crippen molar-refractivity contribution in [2.45, 2.75) is 20.8 Å². The van der Waals surface area contributed by atoms with E-state index >= 15 is 0 Å². The van der Waals surface area contributed by atoms with Crippen molar-refractivity contribution in [1.29, 1.82) is 0 Å². The number of ether oxygens (including phenoxy) is 1. The number of aryl methyl sites for hydroxylation is 2. The van der Waals surface area contributed by atoms with Crippen LogP contribution in [0.3, 0.4) is 0 Å². The summed E-state index contributed by atoms with van der Waals surface area (Å²) < 4.78 is 5.76. The van der Waals surface area contributed by atoms with Crippen molar-refractivity contribution in [2.75, 3.05) is 11.9 Å². The fourth-order valence-corrected chi connectivity index (χ4v) is 1.49. The van der Waals surface area contributed by atoms with E-state index in [4.69, 9.17) is 4.74 Å². The Bertz CT molecular complexity index is 523. The van der Waals surface area contributed by atoms with Crippen LogP contribution in [-0.4, -0.2) is 16.5 Å². The predicted octanol–water partition coefficient (Wildman–Crippen LogP) is 3.32. The van der Waals surface area contributed by atoms with Crippen LogP contribution in [0.5, 0.6) is 11.6 Å². The average molecular weight is 243 g/mol. The molecule has 0 unspecified atom stereocenters. The number of nitrogens with one attached hydrogen (secondary N) is 1. The first-order valence-electron chi connectivity index (χ1n) is 6.01. The van der Waals surface area contributed by atoms with E-state index < -0.39 is 0 Å². The molecule has 1 aromatic heterocycles. The van der Waals surface area contributed by atoms with Crippen molar-refractivity contribution < 1.29 is 4.74 Å². The van der Waals surface area contributed by atoms with Gasteiger partial charge in [0, 0.05) is 18.3 Å². The van der Waals surface area contributed by atoms with E-state index in [9.17, 15) is 0 Å². The van der Waals surface area contributed by atoms with Gasteiger partial charge in [-0.05, 0) is 32.9 Å². The molecular weight excluding hydrogens is 226 g/mol. The van der Waals surface area contributed by atoms with E-state index in [1.54, 1.807) is 6.20 Å². The Morgan fingerprint density at radius 1 is 1.17 bits per heavy atom. The summed E-state index contributed by atoms with van der Waals surface area (Å²) in [4.78, 5) is 8.52. The van der Waals surface area contributed by atoms with Crippen LogP contribution in [-0.2, 0) is 0 Å². The molecule has 94 valence electrons. The number of rotatable bonds is 4. The highest BCUT2D eigenvalue weighted by Gasteiger charge is 2.05. The lowest BCUT2D eigenvalue weighted by Crippen LogP contribution is -2.03. The van der Waals surface area contributed by atoms with E-state index in [0.717, 1.165) is 17.9 Å². The summed E-state index contributed by atoms with van der Waals surface area (Å²) in [6, 6.07) is 7.89. The first kappa shape index (κ1) is 12.4. The van der Waals surface area contributed by atoms with Crippen LogP contribution in [0.15, 0.2) is 30.5 Å². The summed E-state index contributed by atoms with van der Waals surface area (Å²) >= 11 is 0. The van der Waals surface area contributed by atoms with Crippen molar-refractivity contribution in [1.82, 2.24) is 9.97 Å². The van der Waals surface area contributed by atoms with Crippen molar-refractivity contribution in [3.05, 3.63) is 41.6 Å². The maximum atomic E-state index is 5.76. The van der Waals surface area contributed by atoms with Gasteiger partial charge in [-0.25, -0.2) is 4.98 Å². The zero-order chi connectivity index (χ0) is 13.0. The maximum Gasteiger partial charge on any atom is 0.226 e. The average Bonchev–Trinajstić information content (AvgIpc) is 2.36. The number of anilines is 1. The van der Waals surface area contributed by atoms with E-state index in [0.29, 0.717) is 11.8 Å². The fourth-order valence-electron chi connectivity index (χ4n) is 1.49. The van der Waals surface area contributed by atoms with Crippen LogP contribution in [0.25, 0.3) is 0 Å². The molecule has 2 aromatic rings. The second-order valence-electron chi connectivity index (χ2n) is 4.13. The van der Waals surface area contributed by atoms with E-state index in [-0.39, 0.29) is 0 Å². The van der Waals surface area contributed by atoms with Crippen molar-refractivity contribution in [3.63, 3.8) is 0 Å². The predicted molar refractivity (Wildman–Crippen MR) is 72.2 cm³/mol. The first-order valence-corrected chi connectivity index (χ1v) is 6.01. The Morgan fingerprint density at radius 3 is 2.56 bits per heavy atom. The molecule has 0 saturated carbocycles. The third-order valence-corrected chi connectivity index (χ3v) is 2.50. The SMILES string of the molecule is CCNc1ncc(C)c(Oc2ccc(C)cc2)n1. The highest BCUT2D eigenvalue weighted by Crippen LogP contribution is 2.23. The van der Waals surface area contributed by atoms with Crippen LogP contribution >= 0.6 is 0 Å². The molecule has 0 aliphatic carbocycles. The second-order valence-corrected chi connectivity index (χ2v) is 4.13. The zero-order valence-electron chi connectivity index (χ0n) is 10.9. The molecule has 0 fully saturated rings. The minimum Gasteiger partial charge on any atom is -0.439 e. The quantitative estimate of drug-likeness (QED) is 0.894. The lowest BCUT2D eigenvalue weighted by Gasteiger charge is -2.09. The molecule has 0 amide bonds. The van der Waals surface area contributed by atoms with Gasteiger partial charge in [0.2, 0.25) is 11.8 Å². The highest BCUT2D eigenvalue weighted by atomic mass is 16.5. The molecule has 1 aromatic carbocycles. The van der Waals surface area contributed by atoms with Gasteiger partial charge in [-0.1, -0.05) is 17.7 Å². The minimum atomic E-state index is 0.588. The van der Waals surface area contributed by atoms with E-state index in [1.165, 1.54) is 5.56 Å². The molecule has 0 saturated heterocycles. The molecule has 0 atom stereocenters. The smallest absolute Gasteiger partial charge is 0.226 e. The van der Waals surface area contributed by atoms with Crippen molar-refractivity contribution in [3.8, 4) is 11.6 Å². The lowest BCUT2D eigenvalue weighted by atomic mass is 10.2. The Kier molecular flexibility index (Phi) is 3.77. The number of benzene rings is 1. The van der Waals surface area contributed by atoms with Gasteiger partial charge in [-0.15, -0.1) is 0 Å². The monoisotopic (exact) mass is 243 g/mol. The number of aromatic nitrogens is 2. The van der Waals surface area contributed by atoms with Gasteiger partial charge in [0.15, 0.2) is 0 Å². The van der Waals surface area contributed by atoms with Crippen LogP contribution in [0.1, 0.15) is 18.1 Å². The maximum absolute atomic E-state index is 5.76. The third-order valence-electron chi connectivity index (χ3n) is 2.50. The molecule has 0 aliphatic heterocycles. The zero-order valence-corrected chi connectivity index (χ0v) is 10.9. The number of hydrogen-bond acceptors (Lipinski definition) is 4. The molecule has 4 heteroatoms. The number of hydrogen-bond donors (Lipinski definition) is 1. The van der Waals surface area contributed by atoms with Gasteiger partial charge >= 0.3 is 0 Å². The standard InChI is InChI=1S/C14H17N3O/c1-4-15-14-16-9-11(3)13(17-14)18-12-7-5-10(2)6-8-12/h5-9H,4H2,1-3H3,(H,15,16,17). The molecule has 1 heterocycles. The highest BCUT2D eigenvalue weighted by molar-refractivity contribution is 5.36. The normalized spacial score (nSPS) is 10.2. The fraction of sp³-hybridized carbons (Fsp3) is 0.286. The molecule has 0 aliphatic rings. The van der Waals surface area contributed by atoms with E-state index in [2.05, 4.69) is 15.3 Å². The molecule has 0 spiro atoms. The Hall–Kier alpha value is -2.10. The van der Waals surface area contributed by atoms with Crippen LogP contribution in [0.2, 0.25) is 0 Å². The molecule has 18 heavy (non-hydrogen) atoms. The second kappa shape index (κ2) is 5.49. The molecular formula is C14H17N3O. The summed E-state index contributed by atoms with van der Waals surface area (Å²) in [5, 5.41) is 3.07. The first-order chi connectivity index (χ1) is 8.69. The summed E-state index contributed by atoms with van der Waals surface area (Å²) in [5.41, 5.74) is 2.12. The summed E-state index contributed by atoms with van der Waals surface area (Å²) in [6.07, 6.45) is 1.76. The topological polar surface area (TPSA) is 47.0 Å². The van der Waals surface area contributed by atoms with Crippen molar-refractivity contribution in [2.24, 2.45) is 0 Å². The summed E-state index contributed by atoms with van der Waals surface area (Å²) in [6.45, 7) is 6.76. The lowest BCUT2D eigenvalue weighted by molar-refractivity contribution is 0.458. The van der Waals surface area contributed by atoms with Gasteiger partial charge in [-0.2, -0.15) is 4.98 Å². The van der Waals surface area contributed by atoms with Gasteiger partial charge in [0.25, 0.3) is 0 Å². The Morgan fingerprint density at radius 2 is 1.89 bits per heavy atom. The molecule has 1 N–H and O–H groups in total. The molecule has 0 radical (unpaired) electrons. The van der Waals surface area contributed by atoms with Crippen LogP contribution in [0.4, 0.5) is 5.95 Å². The molecule has 2 rings (SSSR count). The Balaban J connectivity index is 2.22. The van der Waals surface area contributed by atoms with Gasteiger partial charge in [0.1, 0.15) is 5.75 Å². The van der Waals surface area contributed by atoms with Gasteiger partial charge in [-0.3, -0.25) is 0 Å². The largest absolute Gasteiger partial charge is 0.439 e. The van der Waals surface area contributed by atoms with Gasteiger partial charge < -0.3 is 10.1 Å². The van der Waals surface area contributed by atoms with E-state index in [1.807, 2.05) is 45.0 Å². The molecule has 4 nitrogen and oxygen atoms in total. The van der Waals surface area contributed by atoms with Crippen LogP contribution < -0.4 is 10.1 Å². The summed E-state index contributed by atoms with van der Waals surface area (Å²) in [5.74, 6) is 1.96. The minimum absolute atomic E-state index is 0.588. The third kappa shape index (κ3) is 2.97. The number of nitrogens with zero attached hydrogens (tertiary/aromatic N) is 2. The van der Waals surface area contributed by atoms with Crippen LogP contribution in [0, 0.1) is 13.8 Å². The van der Waals surface area contributed by atoms with Crippen molar-refractivity contribution >= 4 is 5.95 Å². The summed E-state index contributed by atoms with van der Waals surface area (Å²) in [7, 11) is 0. The molecule has 0 bridgehead atoms. The Labute approximate surface area is 107 Å². The van der Waals surface area contributed by atoms with Gasteiger partial charge in [0.05, 0.1) is 0 Å².